The molecule has 3 aromatic carbocycles. The number of rotatable bonds is 9. The number of carbonyl (C=O) groups excluding carboxylic acids is 2. The number of aryl methyl sites for hydroxylation is 1. The summed E-state index contributed by atoms with van der Waals surface area (Å²) in [4.78, 5) is 36.6. The molecule has 1 saturated carbocycles. The van der Waals surface area contributed by atoms with Gasteiger partial charge < -0.3 is 20.1 Å². The summed E-state index contributed by atoms with van der Waals surface area (Å²) in [5, 5.41) is 4.47. The smallest absolute Gasteiger partial charge is 0.250 e. The molecular formula is C37H44N4O2S. The Bertz CT molecular complexity index is 1640. The Balaban J connectivity index is 1.32. The lowest BCUT2D eigenvalue weighted by molar-refractivity contribution is -0.147. The molecule has 7 heteroatoms. The summed E-state index contributed by atoms with van der Waals surface area (Å²) < 4.78 is 0. The van der Waals surface area contributed by atoms with Crippen LogP contribution in [-0.4, -0.2) is 52.8 Å². The second-order valence-corrected chi connectivity index (χ2v) is 14.5. The molecule has 44 heavy (non-hydrogen) atoms. The summed E-state index contributed by atoms with van der Waals surface area (Å²) in [5.74, 6) is 2.15. The first-order chi connectivity index (χ1) is 21.1. The van der Waals surface area contributed by atoms with Crippen LogP contribution in [0.5, 0.6) is 0 Å². The van der Waals surface area contributed by atoms with Crippen LogP contribution in [0.25, 0.3) is 10.9 Å². The van der Waals surface area contributed by atoms with Crippen molar-refractivity contribution in [3.05, 3.63) is 95.7 Å². The third-order valence-electron chi connectivity index (χ3n) is 10.1. The van der Waals surface area contributed by atoms with Crippen molar-refractivity contribution in [2.45, 2.75) is 58.0 Å². The van der Waals surface area contributed by atoms with Crippen molar-refractivity contribution >= 4 is 45.9 Å². The zero-order valence-corrected chi connectivity index (χ0v) is 27.3. The molecule has 6 rings (SSSR count). The number of fused-ring (bicyclic) bond motifs is 1. The summed E-state index contributed by atoms with van der Waals surface area (Å²) >= 11 is 1.86. The molecule has 0 radical (unpaired) electrons. The minimum absolute atomic E-state index is 0.0180. The standard InChI is InChI=1S/C37H44N4O2S/c1-25-33(29-13-9-10-14-31(29)38-25)34-30(36(34,2)3)23-32(42)41(24-26-11-7-6-8-12-26)37(19-21-44-22-20-37)35(43)39-27-15-17-28(18-16-27)40(4)5/h6-18,30,34,38H,19-24H2,1-5H3,(H,39,43)/t30-,34+/m1/s1. The van der Waals surface area contributed by atoms with E-state index in [9.17, 15) is 9.59 Å². The van der Waals surface area contributed by atoms with Gasteiger partial charge in [0.2, 0.25) is 11.8 Å². The number of nitrogens with one attached hydrogen (secondary N) is 2. The monoisotopic (exact) mass is 608 g/mol. The largest absolute Gasteiger partial charge is 0.378 e. The van der Waals surface area contributed by atoms with Gasteiger partial charge in [0.05, 0.1) is 0 Å². The normalized spacial score (nSPS) is 20.2. The fourth-order valence-electron chi connectivity index (χ4n) is 7.36. The lowest BCUT2D eigenvalue weighted by Gasteiger charge is -2.45. The van der Waals surface area contributed by atoms with Crippen LogP contribution in [-0.2, 0) is 16.1 Å². The van der Waals surface area contributed by atoms with Crippen LogP contribution in [0.1, 0.15) is 55.8 Å². The Morgan fingerprint density at radius 2 is 1.59 bits per heavy atom. The molecule has 2 fully saturated rings. The Morgan fingerprint density at radius 3 is 2.27 bits per heavy atom. The first-order valence-electron chi connectivity index (χ1n) is 15.7. The van der Waals surface area contributed by atoms with Crippen molar-refractivity contribution in [1.29, 1.82) is 0 Å². The lowest BCUT2D eigenvalue weighted by Crippen LogP contribution is -2.60. The first kappa shape index (κ1) is 30.3. The SMILES string of the molecule is Cc1[nH]c2ccccc2c1[C@@H]1[C@@H](CC(=O)N(Cc2ccccc2)C2(C(=O)Nc3ccc(N(C)C)cc3)CCSCC2)C1(C)C. The number of aromatic nitrogens is 1. The van der Waals surface area contributed by atoms with E-state index in [1.165, 1.54) is 16.6 Å². The summed E-state index contributed by atoms with van der Waals surface area (Å²) in [6, 6.07) is 26.5. The lowest BCUT2D eigenvalue weighted by atomic mass is 9.87. The van der Waals surface area contributed by atoms with Crippen molar-refractivity contribution in [3.8, 4) is 0 Å². The highest BCUT2D eigenvalue weighted by Crippen LogP contribution is 2.67. The summed E-state index contributed by atoms with van der Waals surface area (Å²) in [6.45, 7) is 7.14. The Hall–Kier alpha value is -3.71. The molecule has 6 nitrogen and oxygen atoms in total. The highest BCUT2D eigenvalue weighted by atomic mass is 32.2. The van der Waals surface area contributed by atoms with Gasteiger partial charge in [0, 0.05) is 55.0 Å². The van der Waals surface area contributed by atoms with Crippen LogP contribution in [0.15, 0.2) is 78.9 Å². The number of hydrogen-bond acceptors (Lipinski definition) is 4. The van der Waals surface area contributed by atoms with Crippen molar-refractivity contribution < 1.29 is 9.59 Å². The molecular weight excluding hydrogens is 565 g/mol. The number of para-hydroxylation sites is 1. The van der Waals surface area contributed by atoms with E-state index in [0.717, 1.165) is 34.0 Å². The van der Waals surface area contributed by atoms with Crippen LogP contribution in [0.3, 0.4) is 0 Å². The Morgan fingerprint density at radius 1 is 0.932 bits per heavy atom. The van der Waals surface area contributed by atoms with E-state index in [1.807, 2.05) is 78.1 Å². The predicted molar refractivity (Wildman–Crippen MR) is 183 cm³/mol. The maximum Gasteiger partial charge on any atom is 0.250 e. The molecule has 4 aromatic rings. The number of thioether (sulfide) groups is 1. The zero-order chi connectivity index (χ0) is 31.1. The number of anilines is 2. The van der Waals surface area contributed by atoms with E-state index in [1.54, 1.807) is 0 Å². The average Bonchev–Trinajstić information content (AvgIpc) is 3.37. The number of hydrogen-bond donors (Lipinski definition) is 2. The molecule has 2 heterocycles. The molecule has 0 unspecified atom stereocenters. The van der Waals surface area contributed by atoms with Gasteiger partial charge in [0.15, 0.2) is 0 Å². The summed E-state index contributed by atoms with van der Waals surface area (Å²) in [7, 11) is 4.00. The van der Waals surface area contributed by atoms with Crippen LogP contribution in [0.2, 0.25) is 0 Å². The van der Waals surface area contributed by atoms with Gasteiger partial charge in [-0.3, -0.25) is 9.59 Å². The van der Waals surface area contributed by atoms with Gasteiger partial charge in [-0.25, -0.2) is 0 Å². The molecule has 1 aromatic heterocycles. The fraction of sp³-hybridized carbons (Fsp3) is 0.405. The zero-order valence-electron chi connectivity index (χ0n) is 26.5. The highest BCUT2D eigenvalue weighted by Gasteiger charge is 2.60. The molecule has 2 amide bonds. The van der Waals surface area contributed by atoms with Gasteiger partial charge in [-0.15, -0.1) is 0 Å². The molecule has 1 aliphatic heterocycles. The predicted octanol–water partition coefficient (Wildman–Crippen LogP) is 7.61. The second-order valence-electron chi connectivity index (χ2n) is 13.3. The van der Waals surface area contributed by atoms with Gasteiger partial charge in [0.1, 0.15) is 5.54 Å². The topological polar surface area (TPSA) is 68.4 Å². The average molecular weight is 609 g/mol. The summed E-state index contributed by atoms with van der Waals surface area (Å²) in [5.41, 5.74) is 5.59. The van der Waals surface area contributed by atoms with Gasteiger partial charge in [-0.1, -0.05) is 62.4 Å². The maximum atomic E-state index is 14.7. The van der Waals surface area contributed by atoms with Crippen LogP contribution < -0.4 is 10.2 Å². The minimum Gasteiger partial charge on any atom is -0.378 e. The van der Waals surface area contributed by atoms with Gasteiger partial charge >= 0.3 is 0 Å². The quantitative estimate of drug-likeness (QED) is 0.205. The molecule has 2 N–H and O–H groups in total. The van der Waals surface area contributed by atoms with Gasteiger partial charge in [0.25, 0.3) is 0 Å². The third-order valence-corrected chi connectivity index (χ3v) is 11.1. The number of carbonyl (C=O) groups is 2. The van der Waals surface area contributed by atoms with Crippen LogP contribution >= 0.6 is 11.8 Å². The second kappa shape index (κ2) is 12.0. The van der Waals surface area contributed by atoms with E-state index in [0.29, 0.717) is 25.8 Å². The number of H-pyrrole nitrogens is 1. The highest BCUT2D eigenvalue weighted by molar-refractivity contribution is 7.99. The molecule has 1 saturated heterocycles. The number of benzene rings is 3. The van der Waals surface area contributed by atoms with E-state index in [2.05, 4.69) is 67.5 Å². The van der Waals surface area contributed by atoms with Crippen molar-refractivity contribution in [2.75, 3.05) is 35.8 Å². The van der Waals surface area contributed by atoms with E-state index < -0.39 is 5.54 Å². The molecule has 1 aliphatic carbocycles. The van der Waals surface area contributed by atoms with Crippen molar-refractivity contribution in [1.82, 2.24) is 9.88 Å². The molecule has 0 bridgehead atoms. The van der Waals surface area contributed by atoms with Gasteiger partial charge in [-0.2, -0.15) is 11.8 Å². The van der Waals surface area contributed by atoms with Gasteiger partial charge in [-0.05, 0) is 90.0 Å². The van der Waals surface area contributed by atoms with E-state index >= 15 is 0 Å². The summed E-state index contributed by atoms with van der Waals surface area (Å²) in [6.07, 6.45) is 1.69. The number of amides is 2. The molecule has 230 valence electrons. The Labute approximate surface area is 265 Å². The number of aromatic amines is 1. The van der Waals surface area contributed by atoms with Crippen molar-refractivity contribution in [2.24, 2.45) is 11.3 Å². The van der Waals surface area contributed by atoms with Crippen LogP contribution in [0.4, 0.5) is 11.4 Å². The third kappa shape index (κ3) is 5.63. The van der Waals surface area contributed by atoms with Crippen molar-refractivity contribution in [3.63, 3.8) is 0 Å². The first-order valence-corrected chi connectivity index (χ1v) is 16.9. The number of nitrogens with zero attached hydrogens (tertiary/aromatic N) is 2. The van der Waals surface area contributed by atoms with E-state index in [-0.39, 0.29) is 29.1 Å². The molecule has 2 aliphatic rings. The molecule has 0 spiro atoms. The fourth-order valence-corrected chi connectivity index (χ4v) is 8.53. The molecule has 2 atom stereocenters. The minimum atomic E-state index is -0.913. The van der Waals surface area contributed by atoms with Crippen LogP contribution in [0, 0.1) is 18.3 Å². The Kier molecular flexibility index (Phi) is 8.27. The maximum absolute atomic E-state index is 14.7. The van der Waals surface area contributed by atoms with E-state index in [4.69, 9.17) is 0 Å².